The van der Waals surface area contributed by atoms with Crippen LogP contribution in [0, 0.1) is 23.7 Å². The second-order valence-electron chi connectivity index (χ2n) is 20.0. The predicted molar refractivity (Wildman–Crippen MR) is 315 cm³/mol. The molecule has 0 bridgehead atoms. The van der Waals surface area contributed by atoms with E-state index in [1.807, 2.05) is 0 Å². The monoisotopic (exact) mass is 1160 g/mol. The first-order valence-corrected chi connectivity index (χ1v) is 36.5. The quantitative estimate of drug-likeness (QED) is 0.0340. The maximum absolute atomic E-state index is 10.2. The normalized spacial score (nSPS) is 10.8. The van der Waals surface area contributed by atoms with Gasteiger partial charge in [0.2, 0.25) is 0 Å². The van der Waals surface area contributed by atoms with Gasteiger partial charge in [-0.3, -0.25) is 19.2 Å². The molecule has 0 saturated heterocycles. The summed E-state index contributed by atoms with van der Waals surface area (Å²) in [6.07, 6.45) is 37.7. The summed E-state index contributed by atoms with van der Waals surface area (Å²) in [5.41, 5.74) is 0. The molecule has 0 spiro atoms. The van der Waals surface area contributed by atoms with Gasteiger partial charge in [-0.15, -0.1) is 0 Å². The van der Waals surface area contributed by atoms with Crippen molar-refractivity contribution in [1.29, 1.82) is 0 Å². The van der Waals surface area contributed by atoms with E-state index in [9.17, 15) is 19.2 Å². The molecule has 4 N–H and O–H groups in total. The molecule has 0 aliphatic rings. The zero-order chi connectivity index (χ0) is 53.0. The van der Waals surface area contributed by atoms with Crippen molar-refractivity contribution < 1.29 is 39.6 Å². The Hall–Kier alpha value is 0.0787. The molecule has 0 amide bonds. The van der Waals surface area contributed by atoms with E-state index < -0.39 is 23.9 Å². The van der Waals surface area contributed by atoms with Crippen LogP contribution in [0.15, 0.2) is 0 Å². The second-order valence-corrected chi connectivity index (χ2v) is 28.7. The summed E-state index contributed by atoms with van der Waals surface area (Å²) in [4.78, 5) is 40.6. The predicted octanol–water partition coefficient (Wildman–Crippen LogP) is 18.3. The molecule has 0 aromatic carbocycles. The molecule has 0 aliphatic heterocycles. The average Bonchev–Trinajstić information content (AvgIpc) is 3.27. The summed E-state index contributed by atoms with van der Waals surface area (Å²) in [7, 11) is 0. The van der Waals surface area contributed by atoms with E-state index >= 15 is 0 Å². The van der Waals surface area contributed by atoms with Gasteiger partial charge in [-0.25, -0.2) is 0 Å². The van der Waals surface area contributed by atoms with Crippen molar-refractivity contribution in [2.75, 3.05) is 46.0 Å². The van der Waals surface area contributed by atoms with Gasteiger partial charge in [0, 0.05) is 0 Å². The third kappa shape index (κ3) is 102. The number of aliphatic carboxylic acids is 4. The molecule has 8 nitrogen and oxygen atoms in total. The molecule has 0 atom stereocenters. The summed E-state index contributed by atoms with van der Waals surface area (Å²) in [5.74, 6) is 5.36. The van der Waals surface area contributed by atoms with Crippen molar-refractivity contribution in [2.24, 2.45) is 23.7 Å². The zero-order valence-electron chi connectivity index (χ0n) is 46.7. The Morgan fingerprint density at radius 3 is 0.725 bits per heavy atom. The van der Waals surface area contributed by atoms with Gasteiger partial charge in [0.15, 0.2) is 0 Å². The summed E-state index contributed by atoms with van der Waals surface area (Å²) in [5, 5.41) is 33.5. The van der Waals surface area contributed by atoms with Crippen LogP contribution in [0.3, 0.4) is 0 Å². The van der Waals surface area contributed by atoms with Crippen molar-refractivity contribution in [3.63, 3.8) is 0 Å². The van der Waals surface area contributed by atoms with E-state index in [1.54, 1.807) is 21.7 Å². The number of carboxylic acids is 4. The molecule has 0 saturated carbocycles. The Kier molecular flexibility index (Phi) is 76.9. The SMILES string of the molecule is CC(C)CCCCCSCC(=O)O.CC(C)CCCCCSCC(=O)O.CC(C)CCCCCSCC(=O)O.CC(C)CCCCCSCC(=O)O.CCCCCCC[CH2][Sn][CH2]CCCCCCC. The molecule has 69 heavy (non-hydrogen) atoms. The number of hydrogen-bond donors (Lipinski definition) is 4. The van der Waals surface area contributed by atoms with Crippen molar-refractivity contribution >= 4 is 92.1 Å². The number of carbonyl (C=O) groups is 4. The third-order valence-electron chi connectivity index (χ3n) is 10.6. The van der Waals surface area contributed by atoms with Crippen LogP contribution in [-0.4, -0.2) is 111 Å². The number of rotatable bonds is 46. The van der Waals surface area contributed by atoms with E-state index in [-0.39, 0.29) is 44.2 Å². The Bertz CT molecular complexity index is 894. The Morgan fingerprint density at radius 1 is 0.319 bits per heavy atom. The third-order valence-corrected chi connectivity index (χ3v) is 18.7. The van der Waals surface area contributed by atoms with Crippen molar-refractivity contribution in [3.8, 4) is 0 Å². The minimum atomic E-state index is -0.702. The number of thioether (sulfide) groups is 4. The molecular weight excluding hydrogens is 1050 g/mol. The van der Waals surface area contributed by atoms with Crippen molar-refractivity contribution in [1.82, 2.24) is 0 Å². The summed E-state index contributed by atoms with van der Waals surface area (Å²) >= 11 is 6.16. The second kappa shape index (κ2) is 68.1. The molecule has 0 aromatic rings. The first-order valence-electron chi connectivity index (χ1n) is 27.8. The number of unbranched alkanes of at least 4 members (excludes halogenated alkanes) is 18. The molecule has 0 unspecified atom stereocenters. The van der Waals surface area contributed by atoms with Gasteiger partial charge in [-0.1, -0.05) is 132 Å². The summed E-state index contributed by atoms with van der Waals surface area (Å²) in [6, 6.07) is 0. The van der Waals surface area contributed by atoms with Crippen LogP contribution in [0.1, 0.15) is 249 Å². The van der Waals surface area contributed by atoms with Crippen LogP contribution in [0.2, 0.25) is 8.87 Å². The van der Waals surface area contributed by atoms with Gasteiger partial charge < -0.3 is 20.4 Å². The first-order chi connectivity index (χ1) is 32.9. The van der Waals surface area contributed by atoms with E-state index in [0.29, 0.717) is 0 Å². The van der Waals surface area contributed by atoms with Gasteiger partial charge in [0.1, 0.15) is 0 Å². The van der Waals surface area contributed by atoms with Crippen LogP contribution in [-0.2, 0) is 19.2 Å². The molecular formula is C56H114O8S4Sn. The zero-order valence-corrected chi connectivity index (χ0v) is 52.9. The molecule has 414 valence electrons. The molecule has 0 aromatic heterocycles. The first kappa shape index (κ1) is 78.0. The molecule has 0 aliphatic carbocycles. The standard InChI is InChI=1S/4C10H20O2S.2C8H17.Sn/c4*1-9(2)6-4-3-5-7-13-8-10(11)12;2*1-3-5-7-8-6-4-2;/h4*9H,3-8H2,1-2H3,(H,11,12);2*1,3-8H2,2H3;. The fraction of sp³-hybridized carbons (Fsp3) is 0.929. The van der Waals surface area contributed by atoms with E-state index in [1.165, 1.54) is 188 Å². The van der Waals surface area contributed by atoms with Crippen LogP contribution in [0.25, 0.3) is 0 Å². The molecule has 0 rings (SSSR count). The van der Waals surface area contributed by atoms with Crippen LogP contribution < -0.4 is 0 Å². The fourth-order valence-corrected chi connectivity index (χ4v) is 13.0. The maximum atomic E-state index is 10.2. The molecule has 13 heteroatoms. The molecule has 0 fully saturated rings. The molecule has 2 radical (unpaired) electrons. The molecule has 0 heterocycles. The topological polar surface area (TPSA) is 149 Å². The van der Waals surface area contributed by atoms with Gasteiger partial charge in [0.05, 0.1) is 23.0 Å². The van der Waals surface area contributed by atoms with Crippen LogP contribution >= 0.6 is 47.0 Å². The van der Waals surface area contributed by atoms with E-state index in [4.69, 9.17) is 20.4 Å². The van der Waals surface area contributed by atoms with Gasteiger partial charge in [-0.2, -0.15) is 47.0 Å². The Labute approximate surface area is 455 Å². The fourth-order valence-electron chi connectivity index (χ4n) is 6.56. The van der Waals surface area contributed by atoms with Crippen molar-refractivity contribution in [2.45, 2.75) is 258 Å². The Balaban J connectivity index is -0.000000248. The van der Waals surface area contributed by atoms with Gasteiger partial charge in [0.25, 0.3) is 0 Å². The van der Waals surface area contributed by atoms with Gasteiger partial charge in [-0.05, 0) is 72.4 Å². The summed E-state index contributed by atoms with van der Waals surface area (Å²) in [6.45, 7) is 22.5. The number of hydrogen-bond acceptors (Lipinski definition) is 8. The Morgan fingerprint density at radius 2 is 0.522 bits per heavy atom. The minimum absolute atomic E-state index is 0.0736. The van der Waals surface area contributed by atoms with Crippen LogP contribution in [0.5, 0.6) is 0 Å². The van der Waals surface area contributed by atoms with E-state index in [0.717, 1.165) is 72.4 Å². The van der Waals surface area contributed by atoms with E-state index in [2.05, 4.69) is 69.2 Å². The average molecular weight is 1160 g/mol. The van der Waals surface area contributed by atoms with Crippen molar-refractivity contribution in [3.05, 3.63) is 0 Å². The number of carboxylic acid groups (broad SMARTS) is 4. The van der Waals surface area contributed by atoms with Crippen LogP contribution in [0.4, 0.5) is 0 Å². The summed E-state index contributed by atoms with van der Waals surface area (Å²) < 4.78 is 3.31. The van der Waals surface area contributed by atoms with Gasteiger partial charge >= 0.3 is 145 Å².